The van der Waals surface area contributed by atoms with Crippen LogP contribution in [0.15, 0.2) is 54.6 Å². The Morgan fingerprint density at radius 1 is 0.944 bits per heavy atom. The molecule has 92 valence electrons. The highest BCUT2D eigenvalue weighted by atomic mass is 16.4. The van der Waals surface area contributed by atoms with E-state index < -0.39 is 12.2 Å². The third-order valence-electron chi connectivity index (χ3n) is 2.59. The SMILES string of the molecule is O=C(O)Nc1ccc(C(O)c2ccccc2)cc1. The number of hydrogen-bond donors (Lipinski definition) is 3. The Hall–Kier alpha value is -2.33. The third kappa shape index (κ3) is 2.87. The van der Waals surface area contributed by atoms with E-state index in [-0.39, 0.29) is 0 Å². The Morgan fingerprint density at radius 2 is 1.50 bits per heavy atom. The topological polar surface area (TPSA) is 69.6 Å². The number of nitrogens with one attached hydrogen (secondary N) is 1. The molecular weight excluding hydrogens is 230 g/mol. The molecular formula is C14H13NO3. The summed E-state index contributed by atoms with van der Waals surface area (Å²) in [4.78, 5) is 10.4. The van der Waals surface area contributed by atoms with Crippen molar-refractivity contribution in [3.63, 3.8) is 0 Å². The van der Waals surface area contributed by atoms with Gasteiger partial charge in [0, 0.05) is 5.69 Å². The fraction of sp³-hybridized carbons (Fsp3) is 0.0714. The van der Waals surface area contributed by atoms with Gasteiger partial charge in [0.1, 0.15) is 6.10 Å². The van der Waals surface area contributed by atoms with E-state index in [9.17, 15) is 9.90 Å². The summed E-state index contributed by atoms with van der Waals surface area (Å²) in [5, 5.41) is 20.9. The smallest absolute Gasteiger partial charge is 0.409 e. The van der Waals surface area contributed by atoms with Crippen LogP contribution >= 0.6 is 0 Å². The second-order valence-corrected chi connectivity index (χ2v) is 3.87. The minimum absolute atomic E-state index is 0.478. The first-order chi connectivity index (χ1) is 8.66. The van der Waals surface area contributed by atoms with Gasteiger partial charge in [0.15, 0.2) is 0 Å². The maximum atomic E-state index is 10.4. The zero-order valence-corrected chi connectivity index (χ0v) is 9.58. The first-order valence-corrected chi connectivity index (χ1v) is 5.50. The molecule has 0 aliphatic heterocycles. The van der Waals surface area contributed by atoms with Crippen LogP contribution in [0.25, 0.3) is 0 Å². The van der Waals surface area contributed by atoms with Crippen molar-refractivity contribution in [1.82, 2.24) is 0 Å². The van der Waals surface area contributed by atoms with Crippen LogP contribution < -0.4 is 5.32 Å². The van der Waals surface area contributed by atoms with Crippen molar-refractivity contribution < 1.29 is 15.0 Å². The van der Waals surface area contributed by atoms with Crippen molar-refractivity contribution in [1.29, 1.82) is 0 Å². The molecule has 1 amide bonds. The molecule has 1 unspecified atom stereocenters. The van der Waals surface area contributed by atoms with E-state index >= 15 is 0 Å². The zero-order valence-electron chi connectivity index (χ0n) is 9.58. The first-order valence-electron chi connectivity index (χ1n) is 5.50. The number of aliphatic hydroxyl groups is 1. The average Bonchev–Trinajstić information content (AvgIpc) is 2.39. The fourth-order valence-corrected chi connectivity index (χ4v) is 1.70. The fourth-order valence-electron chi connectivity index (χ4n) is 1.70. The Labute approximate surface area is 105 Å². The molecule has 0 aliphatic carbocycles. The molecule has 1 atom stereocenters. The quantitative estimate of drug-likeness (QED) is 0.776. The highest BCUT2D eigenvalue weighted by Gasteiger charge is 2.09. The summed E-state index contributed by atoms with van der Waals surface area (Å²) < 4.78 is 0. The predicted molar refractivity (Wildman–Crippen MR) is 68.6 cm³/mol. The van der Waals surface area contributed by atoms with Crippen molar-refractivity contribution in [2.45, 2.75) is 6.10 Å². The number of hydrogen-bond acceptors (Lipinski definition) is 2. The van der Waals surface area contributed by atoms with Gasteiger partial charge in [0.05, 0.1) is 0 Å². The summed E-state index contributed by atoms with van der Waals surface area (Å²) in [5.41, 5.74) is 2.00. The Morgan fingerprint density at radius 3 is 2.06 bits per heavy atom. The second kappa shape index (κ2) is 5.33. The predicted octanol–water partition coefficient (Wildman–Crippen LogP) is 2.86. The lowest BCUT2D eigenvalue weighted by atomic mass is 10.0. The molecule has 0 fully saturated rings. The van der Waals surface area contributed by atoms with Crippen molar-refractivity contribution in [2.24, 2.45) is 0 Å². The summed E-state index contributed by atoms with van der Waals surface area (Å²) in [6.45, 7) is 0. The van der Waals surface area contributed by atoms with Crippen LogP contribution in [0.3, 0.4) is 0 Å². The molecule has 0 saturated carbocycles. The molecule has 3 N–H and O–H groups in total. The van der Waals surface area contributed by atoms with E-state index in [0.29, 0.717) is 5.69 Å². The monoisotopic (exact) mass is 243 g/mol. The van der Waals surface area contributed by atoms with Gasteiger partial charge in [-0.3, -0.25) is 5.32 Å². The van der Waals surface area contributed by atoms with Crippen LogP contribution in [0.2, 0.25) is 0 Å². The van der Waals surface area contributed by atoms with Gasteiger partial charge in [-0.25, -0.2) is 4.79 Å². The van der Waals surface area contributed by atoms with Crippen LogP contribution in [0, 0.1) is 0 Å². The zero-order chi connectivity index (χ0) is 13.0. The van der Waals surface area contributed by atoms with Crippen molar-refractivity contribution >= 4 is 11.8 Å². The first kappa shape index (κ1) is 12.1. The van der Waals surface area contributed by atoms with E-state index in [1.165, 1.54) is 0 Å². The Balaban J connectivity index is 2.17. The lowest BCUT2D eigenvalue weighted by molar-refractivity contribution is 0.210. The third-order valence-corrected chi connectivity index (χ3v) is 2.59. The molecule has 2 rings (SSSR count). The summed E-state index contributed by atoms with van der Waals surface area (Å²) in [6.07, 6.45) is -1.81. The molecule has 0 saturated heterocycles. The van der Waals surface area contributed by atoms with Gasteiger partial charge in [-0.15, -0.1) is 0 Å². The van der Waals surface area contributed by atoms with Gasteiger partial charge in [0.25, 0.3) is 0 Å². The normalized spacial score (nSPS) is 11.8. The maximum absolute atomic E-state index is 10.4. The van der Waals surface area contributed by atoms with Gasteiger partial charge < -0.3 is 10.2 Å². The number of aliphatic hydroxyl groups excluding tert-OH is 1. The highest BCUT2D eigenvalue weighted by Crippen LogP contribution is 2.22. The minimum Gasteiger partial charge on any atom is -0.465 e. The van der Waals surface area contributed by atoms with E-state index in [1.807, 2.05) is 30.3 Å². The molecule has 2 aromatic carbocycles. The molecule has 0 radical (unpaired) electrons. The van der Waals surface area contributed by atoms with Crippen molar-refractivity contribution in [3.8, 4) is 0 Å². The minimum atomic E-state index is -1.11. The van der Waals surface area contributed by atoms with Gasteiger partial charge in [-0.2, -0.15) is 0 Å². The molecule has 0 heterocycles. The molecule has 18 heavy (non-hydrogen) atoms. The number of carbonyl (C=O) groups is 1. The number of anilines is 1. The number of amides is 1. The highest BCUT2D eigenvalue weighted by molar-refractivity contribution is 5.82. The number of rotatable bonds is 3. The van der Waals surface area contributed by atoms with Crippen LogP contribution in [0.5, 0.6) is 0 Å². The summed E-state index contributed by atoms with van der Waals surface area (Å²) in [7, 11) is 0. The maximum Gasteiger partial charge on any atom is 0.409 e. The summed E-state index contributed by atoms with van der Waals surface area (Å²) in [6, 6.07) is 15.9. The van der Waals surface area contributed by atoms with Gasteiger partial charge in [-0.1, -0.05) is 42.5 Å². The molecule has 0 bridgehead atoms. The molecule has 4 nitrogen and oxygen atoms in total. The summed E-state index contributed by atoms with van der Waals surface area (Å²) >= 11 is 0. The van der Waals surface area contributed by atoms with Crippen LogP contribution in [0.4, 0.5) is 10.5 Å². The molecule has 0 aliphatic rings. The molecule has 0 spiro atoms. The molecule has 4 heteroatoms. The number of benzene rings is 2. The lowest BCUT2D eigenvalue weighted by Crippen LogP contribution is -2.07. The van der Waals surface area contributed by atoms with Gasteiger partial charge in [-0.05, 0) is 23.3 Å². The average molecular weight is 243 g/mol. The second-order valence-electron chi connectivity index (χ2n) is 3.87. The largest absolute Gasteiger partial charge is 0.465 e. The van der Waals surface area contributed by atoms with E-state index in [4.69, 9.17) is 5.11 Å². The van der Waals surface area contributed by atoms with Crippen molar-refractivity contribution in [3.05, 3.63) is 65.7 Å². The van der Waals surface area contributed by atoms with E-state index in [0.717, 1.165) is 11.1 Å². The lowest BCUT2D eigenvalue weighted by Gasteiger charge is -2.11. The van der Waals surface area contributed by atoms with E-state index in [1.54, 1.807) is 24.3 Å². The van der Waals surface area contributed by atoms with Gasteiger partial charge >= 0.3 is 6.09 Å². The van der Waals surface area contributed by atoms with E-state index in [2.05, 4.69) is 5.32 Å². The van der Waals surface area contributed by atoms with Crippen molar-refractivity contribution in [2.75, 3.05) is 5.32 Å². The van der Waals surface area contributed by atoms with Crippen LogP contribution in [-0.2, 0) is 0 Å². The number of carboxylic acid groups (broad SMARTS) is 1. The standard InChI is InChI=1S/C14H13NO3/c16-13(10-4-2-1-3-5-10)11-6-8-12(9-7-11)15-14(17)18/h1-9,13,15-16H,(H,17,18). The Bertz CT molecular complexity index is 522. The Kier molecular flexibility index (Phi) is 3.60. The molecule has 0 aromatic heterocycles. The molecule has 2 aromatic rings. The van der Waals surface area contributed by atoms with Crippen LogP contribution in [0.1, 0.15) is 17.2 Å². The summed E-state index contributed by atoms with van der Waals surface area (Å²) in [5.74, 6) is 0. The van der Waals surface area contributed by atoms with Gasteiger partial charge in [0.2, 0.25) is 0 Å². The van der Waals surface area contributed by atoms with Crippen LogP contribution in [-0.4, -0.2) is 16.3 Å².